The first-order chi connectivity index (χ1) is 17.4. The second-order valence-electron chi connectivity index (χ2n) is 10.0. The number of aryl methyl sites for hydroxylation is 2. The number of carboxylic acid groups (broad SMARTS) is 1. The lowest BCUT2D eigenvalue weighted by molar-refractivity contribution is -0.160. The molecule has 3 aromatic carbocycles. The van der Waals surface area contributed by atoms with Crippen molar-refractivity contribution in [2.45, 2.75) is 39.4 Å². The third-order valence-corrected chi connectivity index (χ3v) is 7.53. The van der Waals surface area contributed by atoms with Crippen LogP contribution in [-0.2, 0) is 16.6 Å². The van der Waals surface area contributed by atoms with Gasteiger partial charge in [-0.3, -0.25) is 4.68 Å². The molecule has 9 heteroatoms. The number of thiazole rings is 1. The summed E-state index contributed by atoms with van der Waals surface area (Å²) in [6.07, 6.45) is -1.16. The average molecular weight is 535 g/mol. The summed E-state index contributed by atoms with van der Waals surface area (Å²) in [5, 5.41) is 16.8. The minimum absolute atomic E-state index is 0.462. The minimum atomic E-state index is -1.16. The summed E-state index contributed by atoms with van der Waals surface area (Å²) in [5.41, 5.74) is 11.1. The van der Waals surface area contributed by atoms with Gasteiger partial charge in [-0.05, 0) is 75.2 Å². The number of fused-ring (bicyclic) bond motifs is 2. The van der Waals surface area contributed by atoms with Gasteiger partial charge in [0.2, 0.25) is 0 Å². The maximum atomic E-state index is 12.5. The number of aromatic nitrogens is 3. The number of nitrogens with two attached hydrogens (primary N) is 1. The van der Waals surface area contributed by atoms with E-state index in [-0.39, 0.29) is 0 Å². The number of carboxylic acids is 1. The van der Waals surface area contributed by atoms with Crippen molar-refractivity contribution in [2.24, 2.45) is 7.05 Å². The van der Waals surface area contributed by atoms with Crippen LogP contribution in [0.5, 0.6) is 0 Å². The number of halogens is 1. The number of hydrogen-bond acceptors (Lipinski definition) is 6. The highest BCUT2D eigenvalue weighted by Crippen LogP contribution is 2.44. The Morgan fingerprint density at radius 3 is 2.46 bits per heavy atom. The summed E-state index contributed by atoms with van der Waals surface area (Å²) in [5.74, 6) is -0.584. The average Bonchev–Trinajstić information content (AvgIpc) is 3.37. The standard InChI is InChI=1S/C28H27ClN4O3S/c1-14-12-19-24(37-26(31-19)16-8-11-20-18(13-16)25(30)32-33(20)5)22(15-6-9-17(29)10-7-15)21(14)23(27(34)35)36-28(2,3)4/h6-13,23H,1-5H3,(H2,30,32)(H,34,35). The molecule has 0 aliphatic carbocycles. The molecule has 5 rings (SSSR count). The molecule has 2 aromatic heterocycles. The van der Waals surface area contributed by atoms with Crippen LogP contribution in [0, 0.1) is 6.92 Å². The molecule has 0 amide bonds. The molecule has 5 aromatic rings. The van der Waals surface area contributed by atoms with Gasteiger partial charge in [-0.15, -0.1) is 11.3 Å². The lowest BCUT2D eigenvalue weighted by atomic mass is 9.91. The molecule has 0 bridgehead atoms. The first-order valence-electron chi connectivity index (χ1n) is 11.8. The van der Waals surface area contributed by atoms with Crippen LogP contribution in [0.2, 0.25) is 5.02 Å². The number of benzene rings is 3. The molecule has 0 radical (unpaired) electrons. The summed E-state index contributed by atoms with van der Waals surface area (Å²) >= 11 is 7.70. The van der Waals surface area contributed by atoms with Crippen molar-refractivity contribution in [2.75, 3.05) is 5.73 Å². The molecule has 190 valence electrons. The number of rotatable bonds is 5. The van der Waals surface area contributed by atoms with Crippen LogP contribution < -0.4 is 5.73 Å². The van der Waals surface area contributed by atoms with Gasteiger partial charge in [-0.25, -0.2) is 9.78 Å². The van der Waals surface area contributed by atoms with Gasteiger partial charge in [0.1, 0.15) is 5.01 Å². The van der Waals surface area contributed by atoms with Crippen LogP contribution in [0.3, 0.4) is 0 Å². The van der Waals surface area contributed by atoms with Crippen LogP contribution in [-0.4, -0.2) is 31.4 Å². The molecule has 0 aliphatic heterocycles. The monoisotopic (exact) mass is 534 g/mol. The number of hydrogen-bond donors (Lipinski definition) is 2. The number of aliphatic carboxylic acids is 1. The molecule has 7 nitrogen and oxygen atoms in total. The van der Waals surface area contributed by atoms with Gasteiger partial charge in [0.05, 0.1) is 21.3 Å². The second kappa shape index (κ2) is 9.13. The van der Waals surface area contributed by atoms with E-state index in [0.29, 0.717) is 16.4 Å². The van der Waals surface area contributed by atoms with Crippen molar-refractivity contribution in [1.82, 2.24) is 14.8 Å². The number of nitrogen functional groups attached to an aromatic ring is 1. The molecule has 3 N–H and O–H groups in total. The Hall–Kier alpha value is -3.46. The molecule has 0 spiro atoms. The van der Waals surface area contributed by atoms with Crippen molar-refractivity contribution < 1.29 is 14.6 Å². The van der Waals surface area contributed by atoms with Gasteiger partial charge in [0.15, 0.2) is 11.9 Å². The fourth-order valence-electron chi connectivity index (χ4n) is 4.59. The predicted molar refractivity (Wildman–Crippen MR) is 150 cm³/mol. The maximum Gasteiger partial charge on any atom is 0.337 e. The minimum Gasteiger partial charge on any atom is -0.479 e. The van der Waals surface area contributed by atoms with Gasteiger partial charge in [0, 0.05) is 34.1 Å². The van der Waals surface area contributed by atoms with E-state index in [9.17, 15) is 9.90 Å². The second-order valence-corrected chi connectivity index (χ2v) is 11.5. The van der Waals surface area contributed by atoms with Crippen LogP contribution >= 0.6 is 22.9 Å². The highest BCUT2D eigenvalue weighted by atomic mass is 35.5. The molecule has 1 unspecified atom stereocenters. The van der Waals surface area contributed by atoms with E-state index >= 15 is 0 Å². The van der Waals surface area contributed by atoms with E-state index < -0.39 is 17.7 Å². The third kappa shape index (κ3) is 4.68. The van der Waals surface area contributed by atoms with E-state index in [4.69, 9.17) is 27.1 Å². The largest absolute Gasteiger partial charge is 0.479 e. The topological polar surface area (TPSA) is 103 Å². The van der Waals surface area contributed by atoms with Crippen molar-refractivity contribution >= 4 is 55.8 Å². The summed E-state index contributed by atoms with van der Waals surface area (Å²) in [6, 6.07) is 15.3. The fraction of sp³-hybridized carbons (Fsp3) is 0.250. The van der Waals surface area contributed by atoms with Crippen LogP contribution in [0.25, 0.3) is 42.8 Å². The van der Waals surface area contributed by atoms with Crippen molar-refractivity contribution in [3.63, 3.8) is 0 Å². The Morgan fingerprint density at radius 2 is 1.81 bits per heavy atom. The molecule has 1 atom stereocenters. The maximum absolute atomic E-state index is 12.5. The first kappa shape index (κ1) is 25.2. The molecular weight excluding hydrogens is 508 g/mol. The number of carbonyl (C=O) groups is 1. The number of nitrogens with zero attached hydrogens (tertiary/aromatic N) is 3. The summed E-state index contributed by atoms with van der Waals surface area (Å²) in [6.45, 7) is 7.45. The van der Waals surface area contributed by atoms with Crippen molar-refractivity contribution in [3.8, 4) is 21.7 Å². The zero-order valence-corrected chi connectivity index (χ0v) is 22.7. The van der Waals surface area contributed by atoms with E-state index in [0.717, 1.165) is 48.4 Å². The Balaban J connectivity index is 1.78. The number of anilines is 1. The van der Waals surface area contributed by atoms with Crippen molar-refractivity contribution in [1.29, 1.82) is 0 Å². The highest BCUT2D eigenvalue weighted by molar-refractivity contribution is 7.22. The lowest BCUT2D eigenvalue weighted by Crippen LogP contribution is -2.28. The molecule has 0 saturated carbocycles. The Labute approximate surface area is 223 Å². The van der Waals surface area contributed by atoms with Gasteiger partial charge < -0.3 is 15.6 Å². The fourth-order valence-corrected chi connectivity index (χ4v) is 5.83. The van der Waals surface area contributed by atoms with Gasteiger partial charge in [-0.2, -0.15) is 5.10 Å². The summed E-state index contributed by atoms with van der Waals surface area (Å²) < 4.78 is 8.72. The molecular formula is C28H27ClN4O3S. The molecule has 2 heterocycles. The third-order valence-electron chi connectivity index (χ3n) is 6.14. The van der Waals surface area contributed by atoms with Gasteiger partial charge >= 0.3 is 5.97 Å². The zero-order chi connectivity index (χ0) is 26.6. The SMILES string of the molecule is Cc1cc2nc(-c3ccc4c(c3)c(N)nn4C)sc2c(-c2ccc(Cl)cc2)c1C(OC(C)(C)C)C(=O)O. The van der Waals surface area contributed by atoms with E-state index in [1.54, 1.807) is 16.8 Å². The van der Waals surface area contributed by atoms with E-state index in [2.05, 4.69) is 5.10 Å². The highest BCUT2D eigenvalue weighted by Gasteiger charge is 2.32. The summed E-state index contributed by atoms with van der Waals surface area (Å²) in [7, 11) is 1.86. The summed E-state index contributed by atoms with van der Waals surface area (Å²) in [4.78, 5) is 17.5. The normalized spacial score (nSPS) is 12.9. The smallest absolute Gasteiger partial charge is 0.337 e. The van der Waals surface area contributed by atoms with Crippen LogP contribution in [0.15, 0.2) is 48.5 Å². The van der Waals surface area contributed by atoms with Crippen LogP contribution in [0.1, 0.15) is 38.0 Å². The Bertz CT molecular complexity index is 1670. The van der Waals surface area contributed by atoms with Gasteiger partial charge in [0.25, 0.3) is 0 Å². The molecule has 37 heavy (non-hydrogen) atoms. The first-order valence-corrected chi connectivity index (χ1v) is 13.0. The van der Waals surface area contributed by atoms with Crippen LogP contribution in [0.4, 0.5) is 5.82 Å². The van der Waals surface area contributed by atoms with E-state index in [1.807, 2.05) is 71.1 Å². The molecule has 0 fully saturated rings. The Kier molecular flexibility index (Phi) is 6.22. The number of ether oxygens (including phenoxy) is 1. The van der Waals surface area contributed by atoms with Gasteiger partial charge in [-0.1, -0.05) is 23.7 Å². The molecule has 0 aliphatic rings. The predicted octanol–water partition coefficient (Wildman–Crippen LogP) is 7.00. The van der Waals surface area contributed by atoms with E-state index in [1.165, 1.54) is 11.3 Å². The zero-order valence-electron chi connectivity index (χ0n) is 21.2. The Morgan fingerprint density at radius 1 is 1.14 bits per heavy atom. The molecule has 0 saturated heterocycles. The lowest BCUT2D eigenvalue weighted by Gasteiger charge is -2.28. The van der Waals surface area contributed by atoms with Crippen molar-refractivity contribution in [3.05, 3.63) is 64.7 Å². The quantitative estimate of drug-likeness (QED) is 0.251.